The molecule has 0 amide bonds. The van der Waals surface area contributed by atoms with Crippen molar-refractivity contribution in [1.29, 1.82) is 0 Å². The second-order valence-electron chi connectivity index (χ2n) is 4.95. The van der Waals surface area contributed by atoms with E-state index < -0.39 is 5.82 Å². The van der Waals surface area contributed by atoms with Crippen LogP contribution in [0.15, 0.2) is 27.3 Å². The van der Waals surface area contributed by atoms with Gasteiger partial charge in [-0.25, -0.2) is 4.39 Å². The first kappa shape index (κ1) is 21.1. The molecule has 0 aromatic heterocycles. The zero-order chi connectivity index (χ0) is 17.9. The first-order chi connectivity index (χ1) is 11.4. The second-order valence-corrected chi connectivity index (χ2v) is 7.07. The molecule has 4 nitrogen and oxygen atoms in total. The summed E-state index contributed by atoms with van der Waals surface area (Å²) in [5.74, 6) is -0.261. The van der Waals surface area contributed by atoms with Gasteiger partial charge in [0, 0.05) is 12.1 Å². The van der Waals surface area contributed by atoms with E-state index in [0.29, 0.717) is 29.3 Å². The van der Waals surface area contributed by atoms with Crippen molar-refractivity contribution in [3.63, 3.8) is 0 Å². The molecule has 1 rings (SSSR count). The summed E-state index contributed by atoms with van der Waals surface area (Å²) in [6, 6.07) is 2.72. The van der Waals surface area contributed by atoms with E-state index in [4.69, 9.17) is 37.5 Å². The Kier molecular flexibility index (Phi) is 10.1. The maximum Gasteiger partial charge on any atom is 0.173 e. The maximum atomic E-state index is 14.0. The lowest BCUT2D eigenvalue weighted by molar-refractivity contribution is 0.135. The fourth-order valence-electron chi connectivity index (χ4n) is 1.58. The summed E-state index contributed by atoms with van der Waals surface area (Å²) >= 11 is 14.7. The van der Waals surface area contributed by atoms with E-state index in [2.05, 4.69) is 21.1 Å². The molecule has 0 aliphatic carbocycles. The van der Waals surface area contributed by atoms with E-state index in [1.807, 2.05) is 13.8 Å². The van der Waals surface area contributed by atoms with Gasteiger partial charge >= 0.3 is 0 Å². The van der Waals surface area contributed by atoms with Crippen LogP contribution in [0.25, 0.3) is 0 Å². The number of ether oxygens (including phenoxy) is 2. The predicted octanol–water partition coefficient (Wildman–Crippen LogP) is 5.90. The summed E-state index contributed by atoms with van der Waals surface area (Å²) in [5.41, 5.74) is 0.858. The average Bonchev–Trinajstić information content (AvgIpc) is 2.47. The summed E-state index contributed by atoms with van der Waals surface area (Å²) in [4.78, 5) is 5.06. The number of hydrogen-bond donors (Lipinski definition) is 0. The lowest BCUT2D eigenvalue weighted by atomic mass is 10.3. The van der Waals surface area contributed by atoms with Gasteiger partial charge in [-0.15, -0.1) is 0 Å². The van der Waals surface area contributed by atoms with Crippen LogP contribution in [-0.2, 0) is 4.84 Å². The van der Waals surface area contributed by atoms with Crippen molar-refractivity contribution in [2.24, 2.45) is 5.16 Å². The molecule has 0 aliphatic heterocycles. The zero-order valence-electron chi connectivity index (χ0n) is 13.5. The van der Waals surface area contributed by atoms with E-state index in [-0.39, 0.29) is 17.4 Å². The molecule has 0 saturated carbocycles. The Morgan fingerprint density at radius 3 is 2.58 bits per heavy atom. The van der Waals surface area contributed by atoms with Crippen molar-refractivity contribution in [3.8, 4) is 11.5 Å². The lowest BCUT2D eigenvalue weighted by Crippen LogP contribution is -2.03. The van der Waals surface area contributed by atoms with E-state index in [1.165, 1.54) is 12.1 Å². The number of benzene rings is 1. The minimum atomic E-state index is -0.575. The highest BCUT2D eigenvalue weighted by molar-refractivity contribution is 9.12. The molecule has 8 heteroatoms. The van der Waals surface area contributed by atoms with Crippen LogP contribution in [0.2, 0.25) is 5.02 Å². The van der Waals surface area contributed by atoms with Crippen LogP contribution in [-0.4, -0.2) is 25.5 Å². The van der Waals surface area contributed by atoms with E-state index in [0.717, 1.165) is 12.1 Å². The normalized spacial score (nSPS) is 11.2. The number of rotatable bonds is 10. The van der Waals surface area contributed by atoms with Gasteiger partial charge in [0.05, 0.1) is 21.3 Å². The van der Waals surface area contributed by atoms with Crippen LogP contribution in [0.3, 0.4) is 0 Å². The van der Waals surface area contributed by atoms with E-state index in [9.17, 15) is 4.39 Å². The molecule has 0 heterocycles. The highest BCUT2D eigenvalue weighted by Gasteiger charge is 2.12. The molecule has 0 atom stereocenters. The minimum absolute atomic E-state index is 0.0152. The molecule has 0 radical (unpaired) electrons. The molecule has 0 saturated heterocycles. The number of nitrogens with zero attached hydrogens (tertiary/aromatic N) is 1. The Bertz CT molecular complexity index is 566. The van der Waals surface area contributed by atoms with Crippen molar-refractivity contribution in [2.45, 2.75) is 26.7 Å². The van der Waals surface area contributed by atoms with Crippen molar-refractivity contribution < 1.29 is 18.7 Å². The van der Waals surface area contributed by atoms with Crippen molar-refractivity contribution in [1.82, 2.24) is 0 Å². The number of halogens is 4. The highest BCUT2D eigenvalue weighted by atomic mass is 79.9. The summed E-state index contributed by atoms with van der Waals surface area (Å²) in [6.07, 6.45) is 3.03. The van der Waals surface area contributed by atoms with Crippen LogP contribution in [0, 0.1) is 5.82 Å². The zero-order valence-corrected chi connectivity index (χ0v) is 16.5. The molecular weight excluding hydrogens is 424 g/mol. The maximum absolute atomic E-state index is 14.0. The monoisotopic (exact) mass is 441 g/mol. The quantitative estimate of drug-likeness (QED) is 0.257. The molecule has 1 aromatic carbocycles. The predicted molar refractivity (Wildman–Crippen MR) is 99.2 cm³/mol. The molecule has 0 spiro atoms. The highest BCUT2D eigenvalue weighted by Crippen LogP contribution is 2.32. The van der Waals surface area contributed by atoms with Crippen LogP contribution in [0.5, 0.6) is 11.5 Å². The Labute approximate surface area is 159 Å². The Balaban J connectivity index is 2.43. The summed E-state index contributed by atoms with van der Waals surface area (Å²) < 4.78 is 25.2. The Morgan fingerprint density at radius 1 is 1.25 bits per heavy atom. The second kappa shape index (κ2) is 11.6. The van der Waals surface area contributed by atoms with Gasteiger partial charge in [0.1, 0.15) is 19.0 Å². The average molecular weight is 443 g/mol. The van der Waals surface area contributed by atoms with Gasteiger partial charge in [0.25, 0.3) is 0 Å². The van der Waals surface area contributed by atoms with Crippen LogP contribution in [0.1, 0.15) is 26.7 Å². The van der Waals surface area contributed by atoms with Crippen LogP contribution >= 0.6 is 39.1 Å². The number of oxime groups is 1. The van der Waals surface area contributed by atoms with Gasteiger partial charge in [-0.1, -0.05) is 28.4 Å². The van der Waals surface area contributed by atoms with Gasteiger partial charge in [0.15, 0.2) is 11.6 Å². The van der Waals surface area contributed by atoms with Gasteiger partial charge in [-0.2, -0.15) is 0 Å². The van der Waals surface area contributed by atoms with Crippen LogP contribution < -0.4 is 9.47 Å². The summed E-state index contributed by atoms with van der Waals surface area (Å²) in [7, 11) is 0. The number of unbranched alkanes of at least 4 members (excludes halogenated alkanes) is 1. The molecule has 134 valence electrons. The number of hydrogen-bond acceptors (Lipinski definition) is 4. The first-order valence-corrected chi connectivity index (χ1v) is 8.84. The lowest BCUT2D eigenvalue weighted by Gasteiger charge is -2.11. The fourth-order valence-corrected chi connectivity index (χ4v) is 2.02. The van der Waals surface area contributed by atoms with Crippen molar-refractivity contribution in [3.05, 3.63) is 33.0 Å². The van der Waals surface area contributed by atoms with E-state index >= 15 is 0 Å². The Hall–Kier alpha value is -0.980. The third-order valence-electron chi connectivity index (χ3n) is 2.58. The van der Waals surface area contributed by atoms with Gasteiger partial charge in [0.2, 0.25) is 0 Å². The van der Waals surface area contributed by atoms with Gasteiger partial charge < -0.3 is 14.3 Å². The van der Waals surface area contributed by atoms with E-state index in [1.54, 1.807) is 6.08 Å². The molecule has 0 unspecified atom stereocenters. The largest absolute Gasteiger partial charge is 0.489 e. The SMILES string of the molecule is CC(C)=NOCCCCOc1c(F)cc(OC/C=C(\Cl)Br)cc1Cl. The van der Waals surface area contributed by atoms with Gasteiger partial charge in [-0.3, -0.25) is 0 Å². The fraction of sp³-hybridized carbons (Fsp3) is 0.438. The summed E-state index contributed by atoms with van der Waals surface area (Å²) in [5, 5.41) is 3.97. The standard InChI is InChI=1S/C16H19BrCl2FNO3/c1-11(2)21-24-7-4-3-6-23-16-13(18)9-12(10-14(16)20)22-8-5-15(17)19/h5,9-10H,3-4,6-8H2,1-2H3/b15-5-. The topological polar surface area (TPSA) is 40.0 Å². The summed E-state index contributed by atoms with van der Waals surface area (Å²) in [6.45, 7) is 4.72. The molecule has 0 bridgehead atoms. The van der Waals surface area contributed by atoms with Crippen LogP contribution in [0.4, 0.5) is 4.39 Å². The first-order valence-electron chi connectivity index (χ1n) is 7.29. The van der Waals surface area contributed by atoms with Crippen molar-refractivity contribution >= 4 is 44.8 Å². The third kappa shape index (κ3) is 8.76. The van der Waals surface area contributed by atoms with Gasteiger partial charge in [-0.05, 0) is 48.7 Å². The molecule has 24 heavy (non-hydrogen) atoms. The Morgan fingerprint density at radius 2 is 1.96 bits per heavy atom. The molecule has 0 aliphatic rings. The third-order valence-corrected chi connectivity index (χ3v) is 3.34. The molecule has 0 N–H and O–H groups in total. The molecular formula is C16H19BrCl2FNO3. The molecule has 1 aromatic rings. The molecule has 0 fully saturated rings. The minimum Gasteiger partial charge on any atom is -0.489 e. The van der Waals surface area contributed by atoms with Crippen molar-refractivity contribution in [2.75, 3.05) is 19.8 Å². The smallest absolute Gasteiger partial charge is 0.173 e.